The largest absolute Gasteiger partial charge is 0.508 e. The van der Waals surface area contributed by atoms with E-state index in [1.54, 1.807) is 0 Å². The highest BCUT2D eigenvalue weighted by molar-refractivity contribution is 5.94. The minimum atomic E-state index is -1.69. The molecule has 6 unspecified atom stereocenters. The molecule has 0 aliphatic heterocycles. The first-order valence-corrected chi connectivity index (χ1v) is 11.0. The summed E-state index contributed by atoms with van der Waals surface area (Å²) in [5.74, 6) is -5.72. The number of nitrogens with one attached hydrogen (secondary N) is 3. The Labute approximate surface area is 206 Å². The van der Waals surface area contributed by atoms with Crippen molar-refractivity contribution in [3.63, 3.8) is 0 Å². The number of aliphatic hydroxyl groups is 2. The minimum Gasteiger partial charge on any atom is -0.508 e. The molecule has 0 aliphatic carbocycles. The normalized spacial score (nSPS) is 15.9. The van der Waals surface area contributed by atoms with Gasteiger partial charge in [-0.25, -0.2) is 4.79 Å². The molecule has 6 atom stereocenters. The highest BCUT2D eigenvalue weighted by Gasteiger charge is 2.32. The number of phenols is 1. The first-order valence-electron chi connectivity index (χ1n) is 11.0. The third-order valence-corrected chi connectivity index (χ3v) is 5.16. The van der Waals surface area contributed by atoms with Gasteiger partial charge in [0.15, 0.2) is 6.04 Å². The van der Waals surface area contributed by atoms with Crippen LogP contribution >= 0.6 is 0 Å². The average Bonchev–Trinajstić information content (AvgIpc) is 2.79. The van der Waals surface area contributed by atoms with Gasteiger partial charge in [0.2, 0.25) is 17.7 Å². The van der Waals surface area contributed by atoms with Crippen LogP contribution in [0.3, 0.4) is 0 Å². The van der Waals surface area contributed by atoms with Crippen molar-refractivity contribution in [2.24, 2.45) is 5.73 Å². The summed E-state index contributed by atoms with van der Waals surface area (Å²) < 4.78 is 0. The van der Waals surface area contributed by atoms with Crippen LogP contribution in [0, 0.1) is 0 Å². The maximum atomic E-state index is 13.0. The monoisotopic (exact) mass is 512 g/mol. The number of carbonyl (C=O) groups is 5. The van der Waals surface area contributed by atoms with Crippen LogP contribution in [-0.2, 0) is 30.4 Å². The van der Waals surface area contributed by atoms with E-state index in [1.165, 1.54) is 31.2 Å². The lowest BCUT2D eigenvalue weighted by Crippen LogP contribution is -2.59. The van der Waals surface area contributed by atoms with E-state index in [0.29, 0.717) is 5.56 Å². The van der Waals surface area contributed by atoms with Gasteiger partial charge in [-0.05, 0) is 38.0 Å². The van der Waals surface area contributed by atoms with Crippen molar-refractivity contribution in [3.8, 4) is 5.75 Å². The second kappa shape index (κ2) is 14.0. The quantitative estimate of drug-likeness (QED) is 0.125. The fraction of sp³-hybridized carbons (Fsp3) is 0.500. The van der Waals surface area contributed by atoms with Crippen LogP contribution in [0.2, 0.25) is 0 Å². The number of carboxylic acids is 2. The van der Waals surface area contributed by atoms with Gasteiger partial charge in [0.1, 0.15) is 23.9 Å². The van der Waals surface area contributed by atoms with E-state index in [9.17, 15) is 44.4 Å². The number of rotatable bonds is 14. The molecule has 0 saturated heterocycles. The van der Waals surface area contributed by atoms with Crippen LogP contribution in [0.1, 0.15) is 32.3 Å². The summed E-state index contributed by atoms with van der Waals surface area (Å²) in [6.45, 7) is 2.39. The van der Waals surface area contributed by atoms with Gasteiger partial charge in [-0.1, -0.05) is 12.1 Å². The molecule has 0 spiro atoms. The molecule has 1 aromatic carbocycles. The smallest absolute Gasteiger partial charge is 0.328 e. The van der Waals surface area contributed by atoms with E-state index in [0.717, 1.165) is 6.92 Å². The number of carbonyl (C=O) groups excluding carboxylic acids is 3. The molecule has 14 heteroatoms. The Morgan fingerprint density at radius 1 is 0.833 bits per heavy atom. The number of aliphatic carboxylic acids is 2. The fourth-order valence-corrected chi connectivity index (χ4v) is 3.02. The van der Waals surface area contributed by atoms with Crippen LogP contribution in [-0.4, -0.2) is 91.6 Å². The predicted octanol–water partition coefficient (Wildman–Crippen LogP) is -2.57. The first kappa shape index (κ1) is 30.3. The molecule has 10 N–H and O–H groups in total. The van der Waals surface area contributed by atoms with E-state index in [4.69, 9.17) is 10.8 Å². The Balaban J connectivity index is 3.19. The summed E-state index contributed by atoms with van der Waals surface area (Å²) in [5.41, 5.74) is 6.02. The zero-order valence-electron chi connectivity index (χ0n) is 19.7. The van der Waals surface area contributed by atoms with Gasteiger partial charge >= 0.3 is 11.9 Å². The molecular formula is C22H32N4O10. The van der Waals surface area contributed by atoms with Crippen molar-refractivity contribution in [1.82, 2.24) is 16.0 Å². The Morgan fingerprint density at radius 2 is 1.36 bits per heavy atom. The number of phenolic OH excluding ortho intramolecular Hbond substituents is 1. The molecule has 3 amide bonds. The highest BCUT2D eigenvalue weighted by atomic mass is 16.4. The molecular weight excluding hydrogens is 480 g/mol. The Hall–Kier alpha value is -3.75. The molecule has 0 aliphatic rings. The van der Waals surface area contributed by atoms with Gasteiger partial charge in [0.25, 0.3) is 0 Å². The van der Waals surface area contributed by atoms with E-state index in [-0.39, 0.29) is 18.6 Å². The van der Waals surface area contributed by atoms with E-state index in [2.05, 4.69) is 16.0 Å². The van der Waals surface area contributed by atoms with Crippen molar-refractivity contribution >= 4 is 29.7 Å². The molecule has 0 saturated carbocycles. The van der Waals surface area contributed by atoms with Crippen molar-refractivity contribution in [3.05, 3.63) is 29.8 Å². The lowest BCUT2D eigenvalue weighted by Gasteiger charge is -2.26. The van der Waals surface area contributed by atoms with Gasteiger partial charge in [-0.2, -0.15) is 0 Å². The molecule has 0 aromatic heterocycles. The van der Waals surface area contributed by atoms with Gasteiger partial charge < -0.3 is 47.2 Å². The van der Waals surface area contributed by atoms with E-state index >= 15 is 0 Å². The van der Waals surface area contributed by atoms with Gasteiger partial charge in [0, 0.05) is 12.8 Å². The summed E-state index contributed by atoms with van der Waals surface area (Å²) in [5, 5.41) is 53.7. The zero-order chi connectivity index (χ0) is 27.6. The second-order valence-corrected chi connectivity index (χ2v) is 8.26. The third-order valence-electron chi connectivity index (χ3n) is 5.16. The van der Waals surface area contributed by atoms with Crippen LogP contribution in [0.25, 0.3) is 0 Å². The summed E-state index contributed by atoms with van der Waals surface area (Å²) in [6.07, 6.45) is -3.83. The molecule has 0 fully saturated rings. The topological polar surface area (TPSA) is 249 Å². The van der Waals surface area contributed by atoms with E-state index < -0.39 is 72.5 Å². The Kier molecular flexibility index (Phi) is 11.7. The number of benzene rings is 1. The summed E-state index contributed by atoms with van der Waals surface area (Å²) in [6, 6.07) is -0.415. The number of hydrogen-bond donors (Lipinski definition) is 9. The molecule has 0 bridgehead atoms. The van der Waals surface area contributed by atoms with Crippen LogP contribution in [0.4, 0.5) is 0 Å². The van der Waals surface area contributed by atoms with E-state index in [1.807, 2.05) is 0 Å². The zero-order valence-corrected chi connectivity index (χ0v) is 19.7. The van der Waals surface area contributed by atoms with Crippen LogP contribution in [0.5, 0.6) is 5.75 Å². The van der Waals surface area contributed by atoms with Crippen molar-refractivity contribution in [2.75, 3.05) is 0 Å². The van der Waals surface area contributed by atoms with Crippen molar-refractivity contribution in [1.29, 1.82) is 0 Å². The molecule has 1 aromatic rings. The maximum Gasteiger partial charge on any atom is 0.328 e. The van der Waals surface area contributed by atoms with Crippen molar-refractivity contribution < 1.29 is 49.5 Å². The van der Waals surface area contributed by atoms with Crippen molar-refractivity contribution in [2.45, 2.75) is 69.5 Å². The number of amides is 3. The molecule has 200 valence electrons. The summed E-state index contributed by atoms with van der Waals surface area (Å²) in [7, 11) is 0. The number of aromatic hydroxyl groups is 1. The standard InChI is InChI=1S/C22H32N4O10/c1-10(27)17(23)21(34)24-14(7-8-16(30)31)19(32)25-15(9-12-3-5-13(29)6-4-12)20(33)26-18(11(2)28)22(35)36/h3-6,10-11,14-15,17-18,27-29H,7-9,23H2,1-2H3,(H,24,34)(H,25,32)(H,26,33)(H,30,31)(H,35,36). The lowest BCUT2D eigenvalue weighted by molar-refractivity contribution is -0.145. The van der Waals surface area contributed by atoms with Crippen LogP contribution < -0.4 is 21.7 Å². The highest BCUT2D eigenvalue weighted by Crippen LogP contribution is 2.12. The number of aliphatic hydroxyl groups excluding tert-OH is 2. The molecule has 14 nitrogen and oxygen atoms in total. The Morgan fingerprint density at radius 3 is 1.83 bits per heavy atom. The Bertz CT molecular complexity index is 935. The molecule has 36 heavy (non-hydrogen) atoms. The SMILES string of the molecule is CC(O)C(N)C(=O)NC(CCC(=O)O)C(=O)NC(Cc1ccc(O)cc1)C(=O)NC(C(=O)O)C(C)O. The minimum absolute atomic E-state index is 0.0604. The molecule has 1 rings (SSSR count). The van der Waals surface area contributed by atoms with Gasteiger partial charge in [-0.3, -0.25) is 19.2 Å². The fourth-order valence-electron chi connectivity index (χ4n) is 3.02. The lowest BCUT2D eigenvalue weighted by atomic mass is 10.0. The summed E-state index contributed by atoms with van der Waals surface area (Å²) in [4.78, 5) is 60.6. The average molecular weight is 513 g/mol. The first-order chi connectivity index (χ1) is 16.7. The summed E-state index contributed by atoms with van der Waals surface area (Å²) >= 11 is 0. The molecule has 0 radical (unpaired) electrons. The number of nitrogens with two attached hydrogens (primary N) is 1. The molecule has 0 heterocycles. The van der Waals surface area contributed by atoms with Gasteiger partial charge in [-0.15, -0.1) is 0 Å². The second-order valence-electron chi connectivity index (χ2n) is 8.26. The number of carboxylic acid groups (broad SMARTS) is 2. The number of hydrogen-bond acceptors (Lipinski definition) is 9. The maximum absolute atomic E-state index is 13.0. The third kappa shape index (κ3) is 9.85. The van der Waals surface area contributed by atoms with Gasteiger partial charge in [0.05, 0.1) is 12.2 Å². The van der Waals surface area contributed by atoms with Crippen LogP contribution in [0.15, 0.2) is 24.3 Å². The predicted molar refractivity (Wildman–Crippen MR) is 123 cm³/mol.